The Morgan fingerprint density at radius 1 is 1.29 bits per heavy atom. The quantitative estimate of drug-likeness (QED) is 0.851. The van der Waals surface area contributed by atoms with Gasteiger partial charge in [-0.05, 0) is 48.4 Å². The number of nitrogen functional groups attached to an aromatic ring is 1. The van der Waals surface area contributed by atoms with E-state index < -0.39 is 0 Å². The van der Waals surface area contributed by atoms with Crippen LogP contribution in [-0.2, 0) is 11.2 Å². The lowest BCUT2D eigenvalue weighted by molar-refractivity contribution is -0.115. The van der Waals surface area contributed by atoms with E-state index in [-0.39, 0.29) is 18.3 Å². The third-order valence-corrected chi connectivity index (χ3v) is 3.54. The van der Waals surface area contributed by atoms with Crippen molar-refractivity contribution < 1.29 is 9.18 Å². The molecule has 0 saturated carbocycles. The van der Waals surface area contributed by atoms with Gasteiger partial charge < -0.3 is 16.0 Å². The molecule has 1 aliphatic heterocycles. The highest BCUT2D eigenvalue weighted by Crippen LogP contribution is 2.29. The maximum absolute atomic E-state index is 13.1. The van der Waals surface area contributed by atoms with Gasteiger partial charge >= 0.3 is 0 Å². The van der Waals surface area contributed by atoms with Crippen molar-refractivity contribution in [1.82, 2.24) is 0 Å². The van der Waals surface area contributed by atoms with Crippen molar-refractivity contribution in [3.63, 3.8) is 0 Å². The molecule has 0 aliphatic carbocycles. The molecule has 0 unspecified atom stereocenters. The van der Waals surface area contributed by atoms with Crippen LogP contribution in [0.5, 0.6) is 0 Å². The van der Waals surface area contributed by atoms with Crippen molar-refractivity contribution >= 4 is 23.0 Å². The van der Waals surface area contributed by atoms with Gasteiger partial charge in [0.1, 0.15) is 5.82 Å². The lowest BCUT2D eigenvalue weighted by Crippen LogP contribution is -2.31. The zero-order valence-electron chi connectivity index (χ0n) is 11.5. The van der Waals surface area contributed by atoms with Gasteiger partial charge in [-0.3, -0.25) is 4.79 Å². The molecule has 3 rings (SSSR count). The van der Waals surface area contributed by atoms with Crippen molar-refractivity contribution in [2.75, 3.05) is 29.0 Å². The van der Waals surface area contributed by atoms with Crippen LogP contribution in [-0.4, -0.2) is 19.0 Å². The number of fused-ring (bicyclic) bond motifs is 1. The Morgan fingerprint density at radius 2 is 2.14 bits per heavy atom. The summed E-state index contributed by atoms with van der Waals surface area (Å²) in [4.78, 5) is 14.1. The number of hydrogen-bond acceptors (Lipinski definition) is 3. The predicted octanol–water partition coefficient (Wildman–Crippen LogP) is 2.41. The zero-order valence-corrected chi connectivity index (χ0v) is 11.5. The highest BCUT2D eigenvalue weighted by Gasteiger charge is 2.21. The fraction of sp³-hybridized carbons (Fsp3) is 0.188. The number of amides is 1. The molecular formula is C16H16FN3O. The molecule has 108 valence electrons. The highest BCUT2D eigenvalue weighted by atomic mass is 19.1. The molecule has 0 fully saturated rings. The van der Waals surface area contributed by atoms with Gasteiger partial charge in [0.2, 0.25) is 5.91 Å². The largest absolute Gasteiger partial charge is 0.399 e. The van der Waals surface area contributed by atoms with Crippen LogP contribution < -0.4 is 16.0 Å². The van der Waals surface area contributed by atoms with E-state index in [1.807, 2.05) is 23.1 Å². The average molecular weight is 285 g/mol. The molecule has 0 bridgehead atoms. The first-order valence-corrected chi connectivity index (χ1v) is 6.80. The van der Waals surface area contributed by atoms with Crippen LogP contribution in [0.25, 0.3) is 0 Å². The Labute approximate surface area is 122 Å². The SMILES string of the molecule is Nc1ccc2c(c1)CCN2CC(=O)Nc1cccc(F)c1. The molecule has 2 aromatic rings. The number of nitrogens with zero attached hydrogens (tertiary/aromatic N) is 1. The molecule has 1 amide bonds. The molecule has 3 N–H and O–H groups in total. The summed E-state index contributed by atoms with van der Waals surface area (Å²) >= 11 is 0. The van der Waals surface area contributed by atoms with E-state index in [1.165, 1.54) is 12.1 Å². The Bertz CT molecular complexity index is 687. The van der Waals surface area contributed by atoms with Crippen LogP contribution in [0, 0.1) is 5.82 Å². The molecule has 0 atom stereocenters. The second kappa shape index (κ2) is 5.44. The summed E-state index contributed by atoms with van der Waals surface area (Å²) < 4.78 is 13.1. The molecule has 21 heavy (non-hydrogen) atoms. The normalized spacial score (nSPS) is 13.1. The minimum atomic E-state index is -0.366. The number of hydrogen-bond donors (Lipinski definition) is 2. The molecule has 0 saturated heterocycles. The highest BCUT2D eigenvalue weighted by molar-refractivity contribution is 5.94. The van der Waals surface area contributed by atoms with Crippen LogP contribution in [0.2, 0.25) is 0 Å². The Morgan fingerprint density at radius 3 is 2.95 bits per heavy atom. The smallest absolute Gasteiger partial charge is 0.243 e. The van der Waals surface area contributed by atoms with Crippen LogP contribution in [0.15, 0.2) is 42.5 Å². The topological polar surface area (TPSA) is 58.4 Å². The molecule has 1 heterocycles. The Balaban J connectivity index is 1.67. The minimum Gasteiger partial charge on any atom is -0.399 e. The van der Waals surface area contributed by atoms with Gasteiger partial charge in [0.25, 0.3) is 0 Å². The van der Waals surface area contributed by atoms with E-state index in [2.05, 4.69) is 5.32 Å². The van der Waals surface area contributed by atoms with Gasteiger partial charge in [-0.25, -0.2) is 4.39 Å². The molecule has 0 radical (unpaired) electrons. The summed E-state index contributed by atoms with van der Waals surface area (Å²) in [7, 11) is 0. The lowest BCUT2D eigenvalue weighted by Gasteiger charge is -2.19. The molecule has 2 aromatic carbocycles. The van der Waals surface area contributed by atoms with Gasteiger partial charge in [0, 0.05) is 23.6 Å². The second-order valence-corrected chi connectivity index (χ2v) is 5.12. The van der Waals surface area contributed by atoms with E-state index in [0.717, 1.165) is 29.9 Å². The first-order valence-electron chi connectivity index (χ1n) is 6.80. The van der Waals surface area contributed by atoms with E-state index in [4.69, 9.17) is 5.73 Å². The number of carbonyl (C=O) groups excluding carboxylic acids is 1. The molecule has 0 spiro atoms. The van der Waals surface area contributed by atoms with Crippen LogP contribution >= 0.6 is 0 Å². The Hall–Kier alpha value is -2.56. The third kappa shape index (κ3) is 2.97. The number of nitrogens with two attached hydrogens (primary N) is 1. The number of benzene rings is 2. The van der Waals surface area contributed by atoms with Crippen molar-refractivity contribution in [3.05, 3.63) is 53.8 Å². The lowest BCUT2D eigenvalue weighted by atomic mass is 10.1. The summed E-state index contributed by atoms with van der Waals surface area (Å²) in [5.41, 5.74) is 9.17. The Kier molecular flexibility index (Phi) is 3.48. The van der Waals surface area contributed by atoms with Crippen LogP contribution in [0.4, 0.5) is 21.5 Å². The second-order valence-electron chi connectivity index (χ2n) is 5.12. The number of halogens is 1. The fourth-order valence-electron chi connectivity index (χ4n) is 2.59. The van der Waals surface area contributed by atoms with Crippen LogP contribution in [0.1, 0.15) is 5.56 Å². The van der Waals surface area contributed by atoms with E-state index >= 15 is 0 Å². The van der Waals surface area contributed by atoms with E-state index in [9.17, 15) is 9.18 Å². The van der Waals surface area contributed by atoms with Crippen molar-refractivity contribution in [2.45, 2.75) is 6.42 Å². The minimum absolute atomic E-state index is 0.162. The number of rotatable bonds is 3. The fourth-order valence-corrected chi connectivity index (χ4v) is 2.59. The summed E-state index contributed by atoms with van der Waals surface area (Å²) in [6.45, 7) is 1.03. The number of carbonyl (C=O) groups is 1. The van der Waals surface area contributed by atoms with Gasteiger partial charge in [0.15, 0.2) is 0 Å². The maximum Gasteiger partial charge on any atom is 0.243 e. The first-order chi connectivity index (χ1) is 10.1. The van der Waals surface area contributed by atoms with Gasteiger partial charge in [-0.1, -0.05) is 6.07 Å². The predicted molar refractivity (Wildman–Crippen MR) is 81.8 cm³/mol. The number of anilines is 3. The monoisotopic (exact) mass is 285 g/mol. The summed E-state index contributed by atoms with van der Waals surface area (Å²) in [5.74, 6) is -0.528. The maximum atomic E-state index is 13.1. The molecular weight excluding hydrogens is 269 g/mol. The summed E-state index contributed by atoms with van der Waals surface area (Å²) in [6, 6.07) is 11.6. The van der Waals surface area contributed by atoms with Gasteiger partial charge in [0.05, 0.1) is 6.54 Å². The molecule has 0 aromatic heterocycles. The standard InChI is InChI=1S/C16H16FN3O/c17-12-2-1-3-14(9-12)19-16(21)10-20-7-6-11-8-13(18)4-5-15(11)20/h1-5,8-9H,6-7,10,18H2,(H,19,21). The first kappa shape index (κ1) is 13.4. The van der Waals surface area contributed by atoms with Crippen molar-refractivity contribution in [2.24, 2.45) is 0 Å². The van der Waals surface area contributed by atoms with E-state index in [1.54, 1.807) is 12.1 Å². The molecule has 1 aliphatic rings. The van der Waals surface area contributed by atoms with Crippen molar-refractivity contribution in [3.8, 4) is 0 Å². The summed E-state index contributed by atoms with van der Waals surface area (Å²) in [6.07, 6.45) is 0.883. The van der Waals surface area contributed by atoms with E-state index in [0.29, 0.717) is 5.69 Å². The average Bonchev–Trinajstić information content (AvgIpc) is 2.81. The number of nitrogens with one attached hydrogen (secondary N) is 1. The van der Waals surface area contributed by atoms with Crippen LogP contribution in [0.3, 0.4) is 0 Å². The van der Waals surface area contributed by atoms with Gasteiger partial charge in [-0.15, -0.1) is 0 Å². The molecule has 5 heteroatoms. The van der Waals surface area contributed by atoms with Crippen molar-refractivity contribution in [1.29, 1.82) is 0 Å². The third-order valence-electron chi connectivity index (χ3n) is 3.54. The zero-order chi connectivity index (χ0) is 14.8. The van der Waals surface area contributed by atoms with Gasteiger partial charge in [-0.2, -0.15) is 0 Å². The molecule has 4 nitrogen and oxygen atoms in total. The summed E-state index contributed by atoms with van der Waals surface area (Å²) in [5, 5.41) is 2.71.